The van der Waals surface area contributed by atoms with E-state index in [9.17, 15) is 14.4 Å². The Morgan fingerprint density at radius 1 is 1.21 bits per heavy atom. The highest BCUT2D eigenvalue weighted by molar-refractivity contribution is 6.32. The molecule has 1 aliphatic heterocycles. The lowest BCUT2D eigenvalue weighted by Gasteiger charge is -2.29. The lowest BCUT2D eigenvalue weighted by molar-refractivity contribution is -0.131. The van der Waals surface area contributed by atoms with Crippen LogP contribution in [0.1, 0.15) is 11.3 Å². The van der Waals surface area contributed by atoms with Gasteiger partial charge in [-0.15, -0.1) is 0 Å². The van der Waals surface area contributed by atoms with Crippen LogP contribution >= 0.6 is 0 Å². The largest absolute Gasteiger partial charge is 0.467 e. The summed E-state index contributed by atoms with van der Waals surface area (Å²) in [5.41, 5.74) is 1.19. The van der Waals surface area contributed by atoms with Gasteiger partial charge in [-0.3, -0.25) is 19.9 Å². The Morgan fingerprint density at radius 2 is 2.00 bits per heavy atom. The average molecular weight is 325 g/mol. The molecule has 0 aliphatic carbocycles. The number of anilines is 1. The first-order chi connectivity index (χ1) is 11.6. The molecule has 0 spiro atoms. The van der Waals surface area contributed by atoms with Crippen LogP contribution in [0, 0.1) is 12.8 Å². The van der Waals surface area contributed by atoms with Crippen molar-refractivity contribution in [1.82, 2.24) is 5.32 Å². The fourth-order valence-electron chi connectivity index (χ4n) is 2.41. The smallest absolute Gasteiger partial charge is 0.335 e. The highest BCUT2D eigenvalue weighted by atomic mass is 16.3. The lowest BCUT2D eigenvalue weighted by Crippen LogP contribution is -2.58. The number of furan rings is 1. The maximum Gasteiger partial charge on any atom is 0.335 e. The van der Waals surface area contributed by atoms with Crippen LogP contribution in [0.3, 0.4) is 0 Å². The van der Waals surface area contributed by atoms with E-state index in [2.05, 4.69) is 10.3 Å². The minimum Gasteiger partial charge on any atom is -0.467 e. The number of aryl methyl sites for hydroxylation is 1. The number of hydrogen-bond acceptors (Lipinski definition) is 5. The fraction of sp³-hybridized carbons (Fsp3) is 0.176. The molecular formula is C17H15N3O4. The van der Waals surface area contributed by atoms with Gasteiger partial charge in [-0.2, -0.15) is 0 Å². The second-order valence-electron chi connectivity index (χ2n) is 5.30. The van der Waals surface area contributed by atoms with Crippen LogP contribution in [0.15, 0.2) is 52.1 Å². The Bertz CT molecular complexity index is 811. The third-order valence-corrected chi connectivity index (χ3v) is 3.64. The number of amides is 4. The zero-order valence-corrected chi connectivity index (χ0v) is 12.9. The third-order valence-electron chi connectivity index (χ3n) is 3.64. The van der Waals surface area contributed by atoms with E-state index in [0.717, 1.165) is 10.5 Å². The average Bonchev–Trinajstić information content (AvgIpc) is 3.05. The minimum atomic E-state index is -1.16. The van der Waals surface area contributed by atoms with Crippen LogP contribution in [-0.2, 0) is 16.1 Å². The number of benzene rings is 1. The zero-order valence-electron chi connectivity index (χ0n) is 12.9. The number of barbiturate groups is 1. The van der Waals surface area contributed by atoms with Gasteiger partial charge in [0.05, 0.1) is 18.5 Å². The van der Waals surface area contributed by atoms with Crippen molar-refractivity contribution < 1.29 is 18.8 Å². The molecular weight excluding hydrogens is 310 g/mol. The maximum atomic E-state index is 12.6. The van der Waals surface area contributed by atoms with Gasteiger partial charge in [-0.1, -0.05) is 18.2 Å². The first-order valence-electron chi connectivity index (χ1n) is 7.34. The van der Waals surface area contributed by atoms with Gasteiger partial charge in [0.25, 0.3) is 5.91 Å². The number of carbonyl (C=O) groups excluding carboxylic acids is 3. The molecule has 1 aliphatic rings. The van der Waals surface area contributed by atoms with E-state index in [1.165, 1.54) is 12.5 Å². The molecule has 1 aromatic carbocycles. The van der Waals surface area contributed by atoms with Gasteiger partial charge in [-0.05, 0) is 30.7 Å². The third kappa shape index (κ3) is 2.96. The van der Waals surface area contributed by atoms with Crippen LogP contribution in [0.5, 0.6) is 0 Å². The van der Waals surface area contributed by atoms with Gasteiger partial charge in [0, 0.05) is 6.21 Å². The molecule has 1 saturated heterocycles. The first kappa shape index (κ1) is 15.7. The molecule has 7 heteroatoms. The van der Waals surface area contributed by atoms with E-state index in [-0.39, 0.29) is 6.54 Å². The Hall–Kier alpha value is -3.22. The molecule has 0 saturated carbocycles. The molecule has 1 fully saturated rings. The van der Waals surface area contributed by atoms with E-state index in [1.807, 2.05) is 0 Å². The Balaban J connectivity index is 1.83. The van der Waals surface area contributed by atoms with Gasteiger partial charge in [0.15, 0.2) is 5.92 Å². The highest BCUT2D eigenvalue weighted by Crippen LogP contribution is 2.23. The number of para-hydroxylation sites is 1. The van der Waals surface area contributed by atoms with Gasteiger partial charge >= 0.3 is 6.03 Å². The van der Waals surface area contributed by atoms with Gasteiger partial charge < -0.3 is 4.42 Å². The number of rotatable bonds is 4. The van der Waals surface area contributed by atoms with E-state index >= 15 is 0 Å². The normalized spacial score (nSPS) is 18.3. The number of aliphatic imine (C=N–C) groups is 1. The SMILES string of the molecule is Cc1ccccc1N1C(=O)NC(=O)[C@H](C=NCc2ccco2)C1=O. The van der Waals surface area contributed by atoms with Crippen molar-refractivity contribution >= 4 is 29.7 Å². The molecule has 2 heterocycles. The van der Waals surface area contributed by atoms with Crippen molar-refractivity contribution in [2.24, 2.45) is 10.9 Å². The summed E-state index contributed by atoms with van der Waals surface area (Å²) in [5.74, 6) is -1.85. The van der Waals surface area contributed by atoms with Crippen molar-refractivity contribution in [3.05, 3.63) is 54.0 Å². The van der Waals surface area contributed by atoms with E-state index in [4.69, 9.17) is 4.42 Å². The number of hydrogen-bond donors (Lipinski definition) is 1. The molecule has 4 amide bonds. The van der Waals surface area contributed by atoms with Crippen LogP contribution in [-0.4, -0.2) is 24.1 Å². The van der Waals surface area contributed by atoms with Crippen LogP contribution in [0.25, 0.3) is 0 Å². The molecule has 0 bridgehead atoms. The summed E-state index contributed by atoms with van der Waals surface area (Å²) in [6.07, 6.45) is 2.76. The van der Waals surface area contributed by atoms with Gasteiger partial charge in [-0.25, -0.2) is 9.69 Å². The summed E-state index contributed by atoms with van der Waals surface area (Å²) < 4.78 is 5.14. The first-order valence-corrected chi connectivity index (χ1v) is 7.34. The van der Waals surface area contributed by atoms with Crippen molar-refractivity contribution in [3.63, 3.8) is 0 Å². The Labute approximate surface area is 138 Å². The highest BCUT2D eigenvalue weighted by Gasteiger charge is 2.40. The molecule has 24 heavy (non-hydrogen) atoms. The quantitative estimate of drug-likeness (QED) is 0.688. The molecule has 1 atom stereocenters. The summed E-state index contributed by atoms with van der Waals surface area (Å²) in [6.45, 7) is 1.99. The maximum absolute atomic E-state index is 12.6. The predicted molar refractivity (Wildman–Crippen MR) is 86.6 cm³/mol. The molecule has 7 nitrogen and oxygen atoms in total. The summed E-state index contributed by atoms with van der Waals surface area (Å²) in [5, 5.41) is 2.19. The second kappa shape index (κ2) is 6.49. The fourth-order valence-corrected chi connectivity index (χ4v) is 2.41. The van der Waals surface area contributed by atoms with Crippen LogP contribution < -0.4 is 10.2 Å². The van der Waals surface area contributed by atoms with Crippen molar-refractivity contribution in [1.29, 1.82) is 0 Å². The van der Waals surface area contributed by atoms with E-state index in [1.54, 1.807) is 43.3 Å². The van der Waals surface area contributed by atoms with Crippen molar-refractivity contribution in [2.45, 2.75) is 13.5 Å². The molecule has 122 valence electrons. The van der Waals surface area contributed by atoms with Crippen LogP contribution in [0.4, 0.5) is 10.5 Å². The minimum absolute atomic E-state index is 0.211. The number of nitrogens with one attached hydrogen (secondary N) is 1. The molecule has 3 rings (SSSR count). The summed E-state index contributed by atoms with van der Waals surface area (Å²) in [4.78, 5) is 41.7. The summed E-state index contributed by atoms with van der Waals surface area (Å²) in [6, 6.07) is 9.67. The molecule has 0 radical (unpaired) electrons. The molecule has 0 unspecified atom stereocenters. The van der Waals surface area contributed by atoms with Crippen molar-refractivity contribution in [3.8, 4) is 0 Å². The predicted octanol–water partition coefficient (Wildman–Crippen LogP) is 2.06. The standard InChI is InChI=1S/C17H15N3O4/c1-11-5-2-3-7-14(11)20-16(22)13(15(21)19-17(20)23)10-18-9-12-6-4-8-24-12/h2-8,10,13H,9H2,1H3,(H,19,21,23)/t13-/m0/s1. The second-order valence-corrected chi connectivity index (χ2v) is 5.30. The van der Waals surface area contributed by atoms with Crippen molar-refractivity contribution in [2.75, 3.05) is 4.90 Å². The Kier molecular flexibility index (Phi) is 4.24. The number of urea groups is 1. The van der Waals surface area contributed by atoms with E-state index < -0.39 is 23.8 Å². The van der Waals surface area contributed by atoms with Crippen LogP contribution in [0.2, 0.25) is 0 Å². The Morgan fingerprint density at radius 3 is 2.71 bits per heavy atom. The van der Waals surface area contributed by atoms with Gasteiger partial charge in [0.2, 0.25) is 5.91 Å². The zero-order chi connectivity index (χ0) is 17.1. The number of carbonyl (C=O) groups is 3. The lowest BCUT2D eigenvalue weighted by atomic mass is 10.0. The molecule has 1 N–H and O–H groups in total. The van der Waals surface area contributed by atoms with Gasteiger partial charge in [0.1, 0.15) is 5.76 Å². The number of nitrogens with zero attached hydrogens (tertiary/aromatic N) is 2. The monoisotopic (exact) mass is 325 g/mol. The molecule has 2 aromatic rings. The summed E-state index contributed by atoms with van der Waals surface area (Å²) >= 11 is 0. The molecule has 1 aromatic heterocycles. The van der Waals surface area contributed by atoms with E-state index in [0.29, 0.717) is 11.4 Å². The summed E-state index contributed by atoms with van der Waals surface area (Å²) in [7, 11) is 0. The number of imide groups is 2. The topological polar surface area (TPSA) is 92.0 Å².